The number of carbonyl (C=O) groups is 3. The third kappa shape index (κ3) is 11.5. The molecule has 3 rings (SSSR count). The number of ether oxygens (including phenoxy) is 3. The number of rotatable bonds is 13. The van der Waals surface area contributed by atoms with Crippen LogP contribution in [0, 0.1) is 17.2 Å². The van der Waals surface area contributed by atoms with Crippen molar-refractivity contribution in [3.8, 4) is 6.07 Å². The first kappa shape index (κ1) is 34.4. The van der Waals surface area contributed by atoms with Gasteiger partial charge in [-0.1, -0.05) is 32.0 Å². The van der Waals surface area contributed by atoms with E-state index in [4.69, 9.17) is 14.2 Å². The van der Waals surface area contributed by atoms with E-state index in [2.05, 4.69) is 33.7 Å². The molecule has 1 atom stereocenters. The van der Waals surface area contributed by atoms with E-state index >= 15 is 0 Å². The Hall–Kier alpha value is -4.10. The largest absolute Gasteiger partial charge is 0.463 e. The average molecular weight is 607 g/mol. The van der Waals surface area contributed by atoms with Crippen LogP contribution < -0.4 is 15.5 Å². The first-order valence-corrected chi connectivity index (χ1v) is 15.4. The molecule has 10 nitrogen and oxygen atoms in total. The van der Waals surface area contributed by atoms with E-state index in [1.807, 2.05) is 38.1 Å². The molecule has 1 aliphatic heterocycles. The fourth-order valence-electron chi connectivity index (χ4n) is 4.80. The van der Waals surface area contributed by atoms with Gasteiger partial charge in [0.25, 0.3) is 5.91 Å². The third-order valence-electron chi connectivity index (χ3n) is 7.16. The minimum Gasteiger partial charge on any atom is -0.463 e. The number of hydrogen-bond acceptors (Lipinski definition) is 8. The zero-order chi connectivity index (χ0) is 32.1. The van der Waals surface area contributed by atoms with Gasteiger partial charge in [-0.15, -0.1) is 0 Å². The standard InChI is InChI=1S/C34H46N4O6/c1-24(2)30(37-33(41)44-34(3,4)5)22-31(39)43-18-17-42-16-13-36-32(40)28(23-35)20-25-9-10-27-21-29(12-11-26(27)19-25)38-14-7-6-8-15-38/h9-12,19-21,24,30H,6-8,13-18,22H2,1-5H3,(H,36,40)(H,37,41)/b28-20+/t30-/m1/s1. The summed E-state index contributed by atoms with van der Waals surface area (Å²) in [5, 5.41) is 17.1. The van der Waals surface area contributed by atoms with Gasteiger partial charge < -0.3 is 29.7 Å². The van der Waals surface area contributed by atoms with Gasteiger partial charge >= 0.3 is 12.1 Å². The molecule has 2 amide bonds. The van der Waals surface area contributed by atoms with Gasteiger partial charge in [-0.05, 0) is 86.6 Å². The summed E-state index contributed by atoms with van der Waals surface area (Å²) in [6, 6.07) is 13.9. The lowest BCUT2D eigenvalue weighted by Gasteiger charge is -2.29. The summed E-state index contributed by atoms with van der Waals surface area (Å²) in [7, 11) is 0. The summed E-state index contributed by atoms with van der Waals surface area (Å²) in [6.45, 7) is 11.8. The number of alkyl carbamates (subject to hydrolysis) is 1. The molecule has 0 unspecified atom stereocenters. The highest BCUT2D eigenvalue weighted by molar-refractivity contribution is 6.02. The van der Waals surface area contributed by atoms with Crippen LogP contribution in [-0.2, 0) is 23.8 Å². The third-order valence-corrected chi connectivity index (χ3v) is 7.16. The van der Waals surface area contributed by atoms with Crippen LogP contribution in [0.15, 0.2) is 42.0 Å². The van der Waals surface area contributed by atoms with E-state index in [-0.39, 0.29) is 44.3 Å². The summed E-state index contributed by atoms with van der Waals surface area (Å²) in [5.41, 5.74) is 1.37. The smallest absolute Gasteiger partial charge is 0.407 e. The Bertz CT molecular complexity index is 1350. The van der Waals surface area contributed by atoms with Crippen LogP contribution in [0.4, 0.5) is 10.5 Å². The normalized spacial score (nSPS) is 14.6. The zero-order valence-electron chi connectivity index (χ0n) is 26.6. The fraction of sp³-hybridized carbons (Fsp3) is 0.529. The minimum absolute atomic E-state index is 0.000970. The lowest BCUT2D eigenvalue weighted by Crippen LogP contribution is -2.43. The van der Waals surface area contributed by atoms with Gasteiger partial charge in [-0.3, -0.25) is 9.59 Å². The Labute approximate surface area is 260 Å². The highest BCUT2D eigenvalue weighted by atomic mass is 16.6. The van der Waals surface area contributed by atoms with Crippen molar-refractivity contribution in [2.45, 2.75) is 71.9 Å². The number of nitriles is 1. The average Bonchev–Trinajstić information content (AvgIpc) is 2.98. The van der Waals surface area contributed by atoms with Crippen LogP contribution in [0.2, 0.25) is 0 Å². The molecule has 2 N–H and O–H groups in total. The van der Waals surface area contributed by atoms with Crippen LogP contribution in [0.25, 0.3) is 16.8 Å². The van der Waals surface area contributed by atoms with Crippen molar-refractivity contribution >= 4 is 40.5 Å². The Morgan fingerprint density at radius 2 is 1.70 bits per heavy atom. The van der Waals surface area contributed by atoms with Gasteiger partial charge in [0.15, 0.2) is 0 Å². The molecular formula is C34H46N4O6. The SMILES string of the molecule is CC(C)[C@@H](CC(=O)OCCOCCNC(=O)/C(C#N)=C/c1ccc2cc(N3CCCCC3)ccc2c1)NC(=O)OC(C)(C)C. The second kappa shape index (κ2) is 16.7. The van der Waals surface area contributed by atoms with E-state index in [0.29, 0.717) is 0 Å². The molecule has 2 aromatic carbocycles. The number of amides is 2. The number of fused-ring (bicyclic) bond motifs is 1. The van der Waals surface area contributed by atoms with Crippen molar-refractivity contribution in [1.82, 2.24) is 10.6 Å². The molecule has 1 fully saturated rings. The van der Waals surface area contributed by atoms with Crippen molar-refractivity contribution in [3.63, 3.8) is 0 Å². The van der Waals surface area contributed by atoms with Crippen LogP contribution in [0.3, 0.4) is 0 Å². The van der Waals surface area contributed by atoms with Crippen molar-refractivity contribution in [3.05, 3.63) is 47.5 Å². The van der Waals surface area contributed by atoms with Gasteiger partial charge in [0, 0.05) is 31.4 Å². The number of piperidine rings is 1. The Morgan fingerprint density at radius 1 is 1.00 bits per heavy atom. The highest BCUT2D eigenvalue weighted by Crippen LogP contribution is 2.26. The summed E-state index contributed by atoms with van der Waals surface area (Å²) in [5.74, 6) is -0.946. The van der Waals surface area contributed by atoms with Crippen LogP contribution in [0.5, 0.6) is 0 Å². The molecule has 2 aromatic rings. The predicted molar refractivity (Wildman–Crippen MR) is 171 cm³/mol. The summed E-state index contributed by atoms with van der Waals surface area (Å²) in [4.78, 5) is 39.3. The molecule has 238 valence electrons. The maximum absolute atomic E-state index is 12.6. The zero-order valence-corrected chi connectivity index (χ0v) is 26.6. The lowest BCUT2D eigenvalue weighted by molar-refractivity contribution is -0.146. The van der Waals surface area contributed by atoms with E-state index in [0.717, 1.165) is 29.4 Å². The number of nitrogens with one attached hydrogen (secondary N) is 2. The molecule has 44 heavy (non-hydrogen) atoms. The molecule has 0 bridgehead atoms. The van der Waals surface area contributed by atoms with Crippen molar-refractivity contribution in [2.75, 3.05) is 44.4 Å². The fourth-order valence-corrected chi connectivity index (χ4v) is 4.80. The van der Waals surface area contributed by atoms with Crippen molar-refractivity contribution in [2.24, 2.45) is 5.92 Å². The first-order valence-electron chi connectivity index (χ1n) is 15.4. The van der Waals surface area contributed by atoms with E-state index in [1.165, 1.54) is 24.9 Å². The molecule has 10 heteroatoms. The summed E-state index contributed by atoms with van der Waals surface area (Å²) < 4.78 is 15.9. The molecule has 0 radical (unpaired) electrons. The van der Waals surface area contributed by atoms with E-state index in [9.17, 15) is 19.6 Å². The molecule has 1 aliphatic rings. The van der Waals surface area contributed by atoms with Crippen LogP contribution in [0.1, 0.15) is 65.9 Å². The lowest BCUT2D eigenvalue weighted by atomic mass is 10.0. The van der Waals surface area contributed by atoms with E-state index in [1.54, 1.807) is 26.8 Å². The minimum atomic E-state index is -0.635. The van der Waals surface area contributed by atoms with Gasteiger partial charge in [0.1, 0.15) is 23.9 Å². The number of hydrogen-bond donors (Lipinski definition) is 2. The predicted octanol–water partition coefficient (Wildman–Crippen LogP) is 5.35. The van der Waals surface area contributed by atoms with Crippen molar-refractivity contribution < 1.29 is 28.6 Å². The van der Waals surface area contributed by atoms with E-state index < -0.39 is 29.6 Å². The highest BCUT2D eigenvalue weighted by Gasteiger charge is 2.24. The van der Waals surface area contributed by atoms with Crippen LogP contribution >= 0.6 is 0 Å². The quantitative estimate of drug-likeness (QED) is 0.135. The summed E-state index contributed by atoms with van der Waals surface area (Å²) in [6.07, 6.45) is 4.74. The number of benzene rings is 2. The van der Waals surface area contributed by atoms with Gasteiger partial charge in [0.2, 0.25) is 0 Å². The molecule has 0 saturated carbocycles. The molecule has 1 saturated heterocycles. The second-order valence-corrected chi connectivity index (χ2v) is 12.3. The monoisotopic (exact) mass is 606 g/mol. The second-order valence-electron chi connectivity index (χ2n) is 12.3. The Morgan fingerprint density at radius 3 is 2.39 bits per heavy atom. The topological polar surface area (TPSA) is 130 Å². The Kier molecular flexibility index (Phi) is 13.0. The Balaban J connectivity index is 1.38. The molecule has 0 aromatic heterocycles. The maximum atomic E-state index is 12.6. The van der Waals surface area contributed by atoms with Gasteiger partial charge in [0.05, 0.1) is 19.6 Å². The van der Waals surface area contributed by atoms with Gasteiger partial charge in [-0.25, -0.2) is 4.79 Å². The maximum Gasteiger partial charge on any atom is 0.407 e. The number of carbonyl (C=O) groups excluding carboxylic acids is 3. The molecule has 0 aliphatic carbocycles. The molecular weight excluding hydrogens is 560 g/mol. The van der Waals surface area contributed by atoms with Crippen LogP contribution in [-0.4, -0.2) is 69.1 Å². The van der Waals surface area contributed by atoms with Gasteiger partial charge in [-0.2, -0.15) is 5.26 Å². The van der Waals surface area contributed by atoms with Crippen molar-refractivity contribution in [1.29, 1.82) is 5.26 Å². The number of nitrogens with zero attached hydrogens (tertiary/aromatic N) is 2. The number of anilines is 1. The first-order chi connectivity index (χ1) is 20.9. The molecule has 0 spiro atoms. The summed E-state index contributed by atoms with van der Waals surface area (Å²) >= 11 is 0. The number of esters is 1. The molecule has 1 heterocycles.